The highest BCUT2D eigenvalue weighted by molar-refractivity contribution is 5.38. The molecule has 18 heavy (non-hydrogen) atoms. The zero-order chi connectivity index (χ0) is 13.7. The second-order valence-electron chi connectivity index (χ2n) is 4.13. The van der Waals surface area contributed by atoms with Gasteiger partial charge in [-0.15, -0.1) is 0 Å². The van der Waals surface area contributed by atoms with E-state index in [1.54, 1.807) is 7.05 Å². The van der Waals surface area contributed by atoms with Crippen molar-refractivity contribution in [3.63, 3.8) is 0 Å². The molecule has 0 radical (unpaired) electrons. The van der Waals surface area contributed by atoms with Crippen molar-refractivity contribution in [3.05, 3.63) is 16.3 Å². The molecule has 0 saturated carbocycles. The van der Waals surface area contributed by atoms with Gasteiger partial charge in [0.1, 0.15) is 6.20 Å². The first-order chi connectivity index (χ1) is 8.41. The number of hydrogen-bond acceptors (Lipinski definition) is 5. The van der Waals surface area contributed by atoms with Gasteiger partial charge in [-0.05, 0) is 19.8 Å². The van der Waals surface area contributed by atoms with E-state index in [1.807, 2.05) is 0 Å². The number of nitro groups is 1. The van der Waals surface area contributed by atoms with Crippen LogP contribution in [0.4, 0.5) is 10.1 Å². The molecule has 7 nitrogen and oxygen atoms in total. The SMILES string of the molecule is CC(F)CC(N)CCOc1c([N+](=O)[O-])cnn1C. The Labute approximate surface area is 104 Å². The van der Waals surface area contributed by atoms with Gasteiger partial charge < -0.3 is 10.5 Å². The molecule has 0 spiro atoms. The summed E-state index contributed by atoms with van der Waals surface area (Å²) in [6.07, 6.45) is 0.831. The van der Waals surface area contributed by atoms with Gasteiger partial charge in [-0.3, -0.25) is 10.1 Å². The van der Waals surface area contributed by atoms with E-state index in [-0.39, 0.29) is 30.6 Å². The van der Waals surface area contributed by atoms with Crippen molar-refractivity contribution in [2.24, 2.45) is 12.8 Å². The molecule has 102 valence electrons. The van der Waals surface area contributed by atoms with Gasteiger partial charge in [-0.25, -0.2) is 9.07 Å². The minimum Gasteiger partial charge on any atom is -0.473 e. The van der Waals surface area contributed by atoms with Gasteiger partial charge in [-0.1, -0.05) is 0 Å². The number of halogens is 1. The van der Waals surface area contributed by atoms with Crippen LogP contribution in [0.25, 0.3) is 0 Å². The predicted molar refractivity (Wildman–Crippen MR) is 63.1 cm³/mol. The van der Waals surface area contributed by atoms with Gasteiger partial charge in [0.15, 0.2) is 0 Å². The lowest BCUT2D eigenvalue weighted by molar-refractivity contribution is -0.386. The smallest absolute Gasteiger partial charge is 0.350 e. The Morgan fingerprint density at radius 3 is 2.94 bits per heavy atom. The van der Waals surface area contributed by atoms with E-state index in [2.05, 4.69) is 5.10 Å². The van der Waals surface area contributed by atoms with Crippen LogP contribution >= 0.6 is 0 Å². The van der Waals surface area contributed by atoms with Crippen LogP contribution in [0.5, 0.6) is 5.88 Å². The number of alkyl halides is 1. The summed E-state index contributed by atoms with van der Waals surface area (Å²) in [5.41, 5.74) is 5.48. The Bertz CT molecular complexity index is 408. The first kappa shape index (κ1) is 14.4. The summed E-state index contributed by atoms with van der Waals surface area (Å²) in [6, 6.07) is -0.322. The Kier molecular flexibility index (Phi) is 5.02. The summed E-state index contributed by atoms with van der Waals surface area (Å²) in [5.74, 6) is 0.0838. The predicted octanol–water partition coefficient (Wildman–Crippen LogP) is 1.17. The van der Waals surface area contributed by atoms with Crippen molar-refractivity contribution in [3.8, 4) is 5.88 Å². The molecule has 8 heteroatoms. The topological polar surface area (TPSA) is 96.2 Å². The average molecular weight is 260 g/mol. The van der Waals surface area contributed by atoms with E-state index in [0.29, 0.717) is 6.42 Å². The lowest BCUT2D eigenvalue weighted by atomic mass is 10.1. The number of aryl methyl sites for hydroxylation is 1. The van der Waals surface area contributed by atoms with Crippen LogP contribution in [0.15, 0.2) is 6.20 Å². The normalized spacial score (nSPS) is 14.2. The largest absolute Gasteiger partial charge is 0.473 e. The molecule has 2 N–H and O–H groups in total. The third-order valence-corrected chi connectivity index (χ3v) is 2.42. The molecule has 0 bridgehead atoms. The number of nitrogens with two attached hydrogens (primary N) is 1. The number of aromatic nitrogens is 2. The van der Waals surface area contributed by atoms with E-state index in [1.165, 1.54) is 11.6 Å². The lowest BCUT2D eigenvalue weighted by Crippen LogP contribution is -2.25. The highest BCUT2D eigenvalue weighted by atomic mass is 19.1. The second-order valence-corrected chi connectivity index (χ2v) is 4.13. The van der Waals surface area contributed by atoms with E-state index in [9.17, 15) is 14.5 Å². The highest BCUT2D eigenvalue weighted by Crippen LogP contribution is 2.25. The third-order valence-electron chi connectivity index (χ3n) is 2.42. The van der Waals surface area contributed by atoms with Crippen molar-refractivity contribution >= 4 is 5.69 Å². The van der Waals surface area contributed by atoms with Crippen molar-refractivity contribution in [2.45, 2.75) is 32.0 Å². The number of nitrogens with zero attached hydrogens (tertiary/aromatic N) is 3. The maximum atomic E-state index is 12.7. The fraction of sp³-hybridized carbons (Fsp3) is 0.700. The van der Waals surface area contributed by atoms with Crippen LogP contribution in [0.2, 0.25) is 0 Å². The van der Waals surface area contributed by atoms with Gasteiger partial charge in [0.05, 0.1) is 17.7 Å². The van der Waals surface area contributed by atoms with Gasteiger partial charge >= 0.3 is 5.69 Å². The molecule has 0 aliphatic rings. The quantitative estimate of drug-likeness (QED) is 0.586. The number of ether oxygens (including phenoxy) is 1. The Morgan fingerprint density at radius 2 is 2.39 bits per heavy atom. The summed E-state index contributed by atoms with van der Waals surface area (Å²) < 4.78 is 19.2. The molecule has 2 unspecified atom stereocenters. The molecule has 0 amide bonds. The fourth-order valence-corrected chi connectivity index (χ4v) is 1.55. The standard InChI is InChI=1S/C10H17FN4O3/c1-7(11)5-8(12)3-4-18-10-9(15(16)17)6-13-14(10)2/h6-8H,3-5,12H2,1-2H3. The zero-order valence-electron chi connectivity index (χ0n) is 10.4. The molecule has 1 aromatic heterocycles. The van der Waals surface area contributed by atoms with Crippen molar-refractivity contribution in [1.29, 1.82) is 0 Å². The van der Waals surface area contributed by atoms with Crippen LogP contribution < -0.4 is 10.5 Å². The summed E-state index contributed by atoms with van der Waals surface area (Å²) in [7, 11) is 1.55. The molecule has 0 saturated heterocycles. The van der Waals surface area contributed by atoms with Crippen LogP contribution in [0.1, 0.15) is 19.8 Å². The van der Waals surface area contributed by atoms with Gasteiger partial charge in [0.25, 0.3) is 5.88 Å². The van der Waals surface area contributed by atoms with Gasteiger partial charge in [-0.2, -0.15) is 5.10 Å². The summed E-state index contributed by atoms with van der Waals surface area (Å²) in [4.78, 5) is 10.1. The second kappa shape index (κ2) is 6.29. The summed E-state index contributed by atoms with van der Waals surface area (Å²) in [5, 5.41) is 14.4. The van der Waals surface area contributed by atoms with Crippen LogP contribution in [-0.2, 0) is 7.05 Å². The van der Waals surface area contributed by atoms with Crippen molar-refractivity contribution < 1.29 is 14.1 Å². The van der Waals surface area contributed by atoms with Gasteiger partial charge in [0.2, 0.25) is 0 Å². The molecule has 1 aromatic rings. The van der Waals surface area contributed by atoms with Crippen LogP contribution in [0.3, 0.4) is 0 Å². The lowest BCUT2D eigenvalue weighted by Gasteiger charge is -2.12. The minimum absolute atomic E-state index is 0.0838. The maximum absolute atomic E-state index is 12.7. The molecule has 0 aromatic carbocycles. The van der Waals surface area contributed by atoms with Crippen LogP contribution in [-0.4, -0.2) is 33.5 Å². The molecule has 0 aliphatic heterocycles. The Balaban J connectivity index is 2.49. The average Bonchev–Trinajstić information content (AvgIpc) is 2.59. The summed E-state index contributed by atoms with van der Waals surface area (Å²) in [6.45, 7) is 1.63. The zero-order valence-corrected chi connectivity index (χ0v) is 10.4. The van der Waals surface area contributed by atoms with E-state index in [4.69, 9.17) is 10.5 Å². The highest BCUT2D eigenvalue weighted by Gasteiger charge is 2.20. The number of rotatable bonds is 7. The van der Waals surface area contributed by atoms with Crippen molar-refractivity contribution in [1.82, 2.24) is 9.78 Å². The first-order valence-corrected chi connectivity index (χ1v) is 5.60. The van der Waals surface area contributed by atoms with E-state index >= 15 is 0 Å². The van der Waals surface area contributed by atoms with E-state index in [0.717, 1.165) is 6.20 Å². The Morgan fingerprint density at radius 1 is 1.72 bits per heavy atom. The van der Waals surface area contributed by atoms with Gasteiger partial charge in [0, 0.05) is 13.1 Å². The molecular weight excluding hydrogens is 243 g/mol. The molecular formula is C10H17FN4O3. The molecule has 0 fully saturated rings. The minimum atomic E-state index is -0.967. The molecule has 2 atom stereocenters. The van der Waals surface area contributed by atoms with Crippen LogP contribution in [0, 0.1) is 10.1 Å². The number of hydrogen-bond donors (Lipinski definition) is 1. The Hall–Kier alpha value is -1.70. The molecule has 0 aliphatic carbocycles. The van der Waals surface area contributed by atoms with E-state index < -0.39 is 11.1 Å². The molecule has 1 heterocycles. The molecule has 1 rings (SSSR count). The van der Waals surface area contributed by atoms with Crippen molar-refractivity contribution in [2.75, 3.05) is 6.61 Å². The maximum Gasteiger partial charge on any atom is 0.350 e. The monoisotopic (exact) mass is 260 g/mol. The first-order valence-electron chi connectivity index (χ1n) is 5.60. The fourth-order valence-electron chi connectivity index (χ4n) is 1.55. The third kappa shape index (κ3) is 3.95. The summed E-state index contributed by atoms with van der Waals surface area (Å²) >= 11 is 0.